The van der Waals surface area contributed by atoms with Crippen molar-refractivity contribution >= 4 is 11.6 Å². The zero-order valence-electron chi connectivity index (χ0n) is 13.5. The van der Waals surface area contributed by atoms with Gasteiger partial charge in [0.15, 0.2) is 17.6 Å². The first-order valence-corrected chi connectivity index (χ1v) is 7.81. The van der Waals surface area contributed by atoms with Gasteiger partial charge in [-0.05, 0) is 25.8 Å². The molecule has 126 valence electrons. The van der Waals surface area contributed by atoms with E-state index in [1.165, 1.54) is 25.3 Å². The van der Waals surface area contributed by atoms with E-state index in [4.69, 9.17) is 9.47 Å². The lowest BCUT2D eigenvalue weighted by Crippen LogP contribution is -2.41. The monoisotopic (exact) mass is 322 g/mol. The summed E-state index contributed by atoms with van der Waals surface area (Å²) in [5.41, 5.74) is -0.102. The van der Waals surface area contributed by atoms with Gasteiger partial charge in [-0.3, -0.25) is 14.9 Å². The van der Waals surface area contributed by atoms with Crippen LogP contribution in [0.2, 0.25) is 0 Å². The summed E-state index contributed by atoms with van der Waals surface area (Å²) in [5, 5.41) is 10.9. The zero-order chi connectivity index (χ0) is 16.8. The quantitative estimate of drug-likeness (QED) is 0.615. The third kappa shape index (κ3) is 4.34. The summed E-state index contributed by atoms with van der Waals surface area (Å²) < 4.78 is 10.8. The highest BCUT2D eigenvalue weighted by atomic mass is 16.6. The van der Waals surface area contributed by atoms with Gasteiger partial charge in [-0.25, -0.2) is 0 Å². The second-order valence-corrected chi connectivity index (χ2v) is 5.59. The summed E-state index contributed by atoms with van der Waals surface area (Å²) in [6.45, 7) is 3.13. The van der Waals surface area contributed by atoms with Gasteiger partial charge in [0, 0.05) is 19.2 Å². The SMILES string of the molecule is COc1ccc([N+](=O)[O-])cc1OC(C)C(=O)N1CCCCCC1. The van der Waals surface area contributed by atoms with Crippen LogP contribution in [0.5, 0.6) is 11.5 Å². The Morgan fingerprint density at radius 2 is 1.87 bits per heavy atom. The van der Waals surface area contributed by atoms with Crippen LogP contribution in [0.4, 0.5) is 5.69 Å². The van der Waals surface area contributed by atoms with Gasteiger partial charge in [-0.1, -0.05) is 12.8 Å². The number of nitro groups is 1. The molecule has 0 N–H and O–H groups in total. The molecule has 0 aliphatic carbocycles. The number of carbonyl (C=O) groups excluding carboxylic acids is 1. The molecule has 1 aromatic carbocycles. The van der Waals surface area contributed by atoms with Crippen molar-refractivity contribution in [3.63, 3.8) is 0 Å². The van der Waals surface area contributed by atoms with Crippen molar-refractivity contribution in [2.45, 2.75) is 38.7 Å². The number of methoxy groups -OCH3 is 1. The van der Waals surface area contributed by atoms with Gasteiger partial charge in [0.25, 0.3) is 11.6 Å². The first-order valence-electron chi connectivity index (χ1n) is 7.81. The third-order valence-electron chi connectivity index (χ3n) is 3.93. The maximum atomic E-state index is 12.5. The molecule has 1 amide bonds. The average molecular weight is 322 g/mol. The van der Waals surface area contributed by atoms with Crippen LogP contribution in [-0.2, 0) is 4.79 Å². The van der Waals surface area contributed by atoms with Gasteiger partial charge >= 0.3 is 0 Å². The summed E-state index contributed by atoms with van der Waals surface area (Å²) >= 11 is 0. The Balaban J connectivity index is 2.11. The fourth-order valence-corrected chi connectivity index (χ4v) is 2.66. The molecular formula is C16H22N2O5. The standard InChI is InChI=1S/C16H22N2O5/c1-12(16(19)17-9-5-3-4-6-10-17)23-15-11-13(18(20)21)7-8-14(15)22-2/h7-8,11-12H,3-6,9-10H2,1-2H3. The first-order chi connectivity index (χ1) is 11.0. The molecule has 1 unspecified atom stereocenters. The number of rotatable bonds is 5. The molecule has 1 fully saturated rings. The van der Waals surface area contributed by atoms with Crippen molar-refractivity contribution in [1.29, 1.82) is 0 Å². The number of hydrogen-bond acceptors (Lipinski definition) is 5. The smallest absolute Gasteiger partial charge is 0.273 e. The topological polar surface area (TPSA) is 81.9 Å². The summed E-state index contributed by atoms with van der Waals surface area (Å²) in [6.07, 6.45) is 3.55. The third-order valence-corrected chi connectivity index (χ3v) is 3.93. The Morgan fingerprint density at radius 1 is 1.22 bits per heavy atom. The highest BCUT2D eigenvalue weighted by Crippen LogP contribution is 2.32. The summed E-state index contributed by atoms with van der Waals surface area (Å²) in [7, 11) is 1.45. The molecule has 1 aliphatic heterocycles. The van der Waals surface area contributed by atoms with E-state index in [0.29, 0.717) is 5.75 Å². The minimum atomic E-state index is -0.719. The van der Waals surface area contributed by atoms with E-state index in [9.17, 15) is 14.9 Å². The van der Waals surface area contributed by atoms with Crippen LogP contribution in [0.1, 0.15) is 32.6 Å². The predicted octanol–water partition coefficient (Wildman–Crippen LogP) is 2.77. The van der Waals surface area contributed by atoms with Crippen molar-refractivity contribution in [2.24, 2.45) is 0 Å². The van der Waals surface area contributed by atoms with Crippen molar-refractivity contribution < 1.29 is 19.2 Å². The molecule has 7 nitrogen and oxygen atoms in total. The predicted molar refractivity (Wildman–Crippen MR) is 84.8 cm³/mol. The molecule has 0 bridgehead atoms. The summed E-state index contributed by atoms with van der Waals surface area (Å²) in [6, 6.07) is 4.09. The van der Waals surface area contributed by atoms with E-state index in [-0.39, 0.29) is 17.3 Å². The average Bonchev–Trinajstić information content (AvgIpc) is 2.83. The Bertz CT molecular complexity index is 568. The Morgan fingerprint density at radius 3 is 2.43 bits per heavy atom. The molecule has 7 heteroatoms. The lowest BCUT2D eigenvalue weighted by atomic mass is 10.2. The van der Waals surface area contributed by atoms with Crippen LogP contribution in [0, 0.1) is 10.1 Å². The van der Waals surface area contributed by atoms with E-state index >= 15 is 0 Å². The first kappa shape index (κ1) is 17.1. The minimum absolute atomic E-state index is 0.0968. The van der Waals surface area contributed by atoms with Gasteiger partial charge in [-0.2, -0.15) is 0 Å². The largest absolute Gasteiger partial charge is 0.493 e. The molecule has 1 aliphatic rings. The normalized spacial score (nSPS) is 16.3. The van der Waals surface area contributed by atoms with E-state index < -0.39 is 11.0 Å². The van der Waals surface area contributed by atoms with Crippen LogP contribution in [-0.4, -0.2) is 42.0 Å². The molecule has 1 heterocycles. The van der Waals surface area contributed by atoms with Gasteiger partial charge in [-0.15, -0.1) is 0 Å². The number of amides is 1. The van der Waals surface area contributed by atoms with Crippen LogP contribution < -0.4 is 9.47 Å². The maximum Gasteiger partial charge on any atom is 0.273 e. The van der Waals surface area contributed by atoms with Crippen LogP contribution in [0.25, 0.3) is 0 Å². The Kier molecular flexibility index (Phi) is 5.78. The Labute approximate surface area is 135 Å². The Hall–Kier alpha value is -2.31. The second-order valence-electron chi connectivity index (χ2n) is 5.59. The van der Waals surface area contributed by atoms with Crippen molar-refractivity contribution in [3.05, 3.63) is 28.3 Å². The number of hydrogen-bond donors (Lipinski definition) is 0. The molecule has 1 atom stereocenters. The maximum absolute atomic E-state index is 12.5. The molecular weight excluding hydrogens is 300 g/mol. The van der Waals surface area contributed by atoms with Crippen LogP contribution in [0.15, 0.2) is 18.2 Å². The second kappa shape index (κ2) is 7.80. The van der Waals surface area contributed by atoms with Crippen molar-refractivity contribution in [2.75, 3.05) is 20.2 Å². The number of non-ortho nitro benzene ring substituents is 1. The minimum Gasteiger partial charge on any atom is -0.493 e. The van der Waals surface area contributed by atoms with E-state index in [0.717, 1.165) is 38.8 Å². The molecule has 1 aromatic rings. The number of carbonyl (C=O) groups is 1. The number of nitrogens with zero attached hydrogens (tertiary/aromatic N) is 2. The van der Waals surface area contributed by atoms with Crippen molar-refractivity contribution in [3.8, 4) is 11.5 Å². The highest BCUT2D eigenvalue weighted by molar-refractivity contribution is 5.81. The number of ether oxygens (including phenoxy) is 2. The zero-order valence-corrected chi connectivity index (χ0v) is 13.5. The summed E-state index contributed by atoms with van der Waals surface area (Å²) in [5.74, 6) is 0.476. The lowest BCUT2D eigenvalue weighted by molar-refractivity contribution is -0.385. The molecule has 1 saturated heterocycles. The fourth-order valence-electron chi connectivity index (χ4n) is 2.66. The van der Waals surface area contributed by atoms with Crippen LogP contribution in [0.3, 0.4) is 0 Å². The highest BCUT2D eigenvalue weighted by Gasteiger charge is 2.24. The lowest BCUT2D eigenvalue weighted by Gasteiger charge is -2.25. The molecule has 2 rings (SSSR count). The molecule has 0 spiro atoms. The molecule has 0 saturated carbocycles. The summed E-state index contributed by atoms with van der Waals surface area (Å²) in [4.78, 5) is 24.7. The van der Waals surface area contributed by atoms with Crippen LogP contribution >= 0.6 is 0 Å². The number of likely N-dealkylation sites (tertiary alicyclic amines) is 1. The number of nitro benzene ring substituents is 1. The molecule has 0 aromatic heterocycles. The van der Waals surface area contributed by atoms with Gasteiger partial charge in [0.05, 0.1) is 18.1 Å². The van der Waals surface area contributed by atoms with Gasteiger partial charge < -0.3 is 14.4 Å². The van der Waals surface area contributed by atoms with Crippen molar-refractivity contribution in [1.82, 2.24) is 4.90 Å². The molecule has 23 heavy (non-hydrogen) atoms. The van der Waals surface area contributed by atoms with E-state index in [1.54, 1.807) is 6.92 Å². The van der Waals surface area contributed by atoms with E-state index in [1.807, 2.05) is 4.90 Å². The van der Waals surface area contributed by atoms with Gasteiger partial charge in [0.2, 0.25) is 0 Å². The fraction of sp³-hybridized carbons (Fsp3) is 0.562. The van der Waals surface area contributed by atoms with Gasteiger partial charge in [0.1, 0.15) is 0 Å². The number of benzene rings is 1. The van der Waals surface area contributed by atoms with E-state index in [2.05, 4.69) is 0 Å². The molecule has 0 radical (unpaired) electrons.